The number of hydrogen-bond donors (Lipinski definition) is 3. The molecule has 1 aromatic rings. The maximum atomic E-state index is 11.5. The molecule has 5 N–H and O–H groups in total. The molecule has 1 rings (SSSR count). The first-order chi connectivity index (χ1) is 7.38. The summed E-state index contributed by atoms with van der Waals surface area (Å²) in [6, 6.07) is 6.30. The minimum Gasteiger partial charge on any atom is -0.399 e. The molecule has 0 saturated heterocycles. The van der Waals surface area contributed by atoms with Crippen LogP contribution in [0.25, 0.3) is 0 Å². The fourth-order valence-corrected chi connectivity index (χ4v) is 1.43. The molecule has 1 aromatic carbocycles. The molecule has 16 heavy (non-hydrogen) atoms. The van der Waals surface area contributed by atoms with Crippen molar-refractivity contribution >= 4 is 21.6 Å². The van der Waals surface area contributed by atoms with Crippen LogP contribution in [0.2, 0.25) is 0 Å². The predicted molar refractivity (Wildman–Crippen MR) is 61.2 cm³/mol. The van der Waals surface area contributed by atoms with Crippen LogP contribution in [-0.2, 0) is 10.0 Å². The molecule has 0 aliphatic heterocycles. The summed E-state index contributed by atoms with van der Waals surface area (Å²) in [6.07, 6.45) is 0. The number of rotatable bonds is 4. The van der Waals surface area contributed by atoms with Gasteiger partial charge in [-0.15, -0.1) is 0 Å². The van der Waals surface area contributed by atoms with E-state index in [4.69, 9.17) is 10.9 Å². The van der Waals surface area contributed by atoms with Gasteiger partial charge < -0.3 is 11.1 Å². The van der Waals surface area contributed by atoms with Crippen molar-refractivity contribution in [2.45, 2.75) is 0 Å². The van der Waals surface area contributed by atoms with Crippen LogP contribution in [0.3, 0.4) is 0 Å². The van der Waals surface area contributed by atoms with Crippen molar-refractivity contribution in [2.75, 3.05) is 18.0 Å². The van der Waals surface area contributed by atoms with Crippen molar-refractivity contribution in [3.63, 3.8) is 0 Å². The van der Waals surface area contributed by atoms with Crippen molar-refractivity contribution in [3.05, 3.63) is 29.8 Å². The van der Waals surface area contributed by atoms with Crippen LogP contribution in [0, 0.1) is 0 Å². The third-order valence-corrected chi connectivity index (χ3v) is 2.62. The Morgan fingerprint density at radius 3 is 2.31 bits per heavy atom. The van der Waals surface area contributed by atoms with Gasteiger partial charge in [-0.25, -0.2) is 13.6 Å². The van der Waals surface area contributed by atoms with E-state index in [9.17, 15) is 13.2 Å². The molecule has 6 nitrogen and oxygen atoms in total. The molecule has 0 aliphatic carbocycles. The van der Waals surface area contributed by atoms with Gasteiger partial charge in [0.2, 0.25) is 10.0 Å². The molecule has 0 aliphatic rings. The third kappa shape index (κ3) is 4.28. The monoisotopic (exact) mass is 243 g/mol. The molecule has 0 atom stereocenters. The number of benzene rings is 1. The van der Waals surface area contributed by atoms with Gasteiger partial charge in [0.05, 0.1) is 5.75 Å². The Morgan fingerprint density at radius 1 is 1.25 bits per heavy atom. The highest BCUT2D eigenvalue weighted by Gasteiger charge is 2.06. The van der Waals surface area contributed by atoms with E-state index < -0.39 is 10.0 Å². The van der Waals surface area contributed by atoms with Gasteiger partial charge >= 0.3 is 0 Å². The van der Waals surface area contributed by atoms with Crippen LogP contribution in [0.15, 0.2) is 24.3 Å². The summed E-state index contributed by atoms with van der Waals surface area (Å²) >= 11 is 0. The first-order valence-corrected chi connectivity index (χ1v) is 6.24. The number of anilines is 1. The average Bonchev–Trinajstić information content (AvgIpc) is 2.16. The number of primary sulfonamides is 1. The molecule has 0 bridgehead atoms. The van der Waals surface area contributed by atoms with Gasteiger partial charge in [-0.05, 0) is 24.3 Å². The van der Waals surface area contributed by atoms with E-state index in [1.807, 2.05) is 0 Å². The Labute approximate surface area is 93.7 Å². The van der Waals surface area contributed by atoms with E-state index in [0.717, 1.165) is 0 Å². The summed E-state index contributed by atoms with van der Waals surface area (Å²) < 4.78 is 21.2. The van der Waals surface area contributed by atoms with Crippen LogP contribution in [-0.4, -0.2) is 26.6 Å². The number of nitrogens with two attached hydrogens (primary N) is 2. The van der Waals surface area contributed by atoms with Gasteiger partial charge in [-0.2, -0.15) is 0 Å². The zero-order valence-electron chi connectivity index (χ0n) is 8.51. The summed E-state index contributed by atoms with van der Waals surface area (Å²) in [7, 11) is -3.54. The van der Waals surface area contributed by atoms with Crippen LogP contribution in [0.1, 0.15) is 10.4 Å². The molecule has 0 aromatic heterocycles. The lowest BCUT2D eigenvalue weighted by Crippen LogP contribution is -2.31. The van der Waals surface area contributed by atoms with E-state index >= 15 is 0 Å². The van der Waals surface area contributed by atoms with Crippen molar-refractivity contribution in [1.29, 1.82) is 0 Å². The smallest absolute Gasteiger partial charge is 0.251 e. The van der Waals surface area contributed by atoms with Crippen LogP contribution in [0.4, 0.5) is 5.69 Å². The van der Waals surface area contributed by atoms with E-state index in [2.05, 4.69) is 5.32 Å². The second-order valence-electron chi connectivity index (χ2n) is 3.24. The number of hydrogen-bond acceptors (Lipinski definition) is 4. The minimum absolute atomic E-state index is 0.0119. The molecular weight excluding hydrogens is 230 g/mol. The second kappa shape index (κ2) is 4.95. The summed E-state index contributed by atoms with van der Waals surface area (Å²) in [5.74, 6) is -0.642. The largest absolute Gasteiger partial charge is 0.399 e. The van der Waals surface area contributed by atoms with Crippen LogP contribution >= 0.6 is 0 Å². The first kappa shape index (κ1) is 12.5. The minimum atomic E-state index is -3.54. The summed E-state index contributed by atoms with van der Waals surface area (Å²) in [6.45, 7) is -0.0119. The highest BCUT2D eigenvalue weighted by molar-refractivity contribution is 7.89. The molecule has 0 fully saturated rings. The fourth-order valence-electron chi connectivity index (χ4n) is 1.04. The zero-order chi connectivity index (χ0) is 12.2. The Kier molecular flexibility index (Phi) is 3.86. The van der Waals surface area contributed by atoms with Gasteiger partial charge in [-0.3, -0.25) is 4.79 Å². The van der Waals surface area contributed by atoms with Gasteiger partial charge in [0.1, 0.15) is 0 Å². The maximum absolute atomic E-state index is 11.5. The standard InChI is InChI=1S/C9H13N3O3S/c10-8-3-1-7(2-4-8)9(13)12-5-6-16(11,14)15/h1-4H,5-6,10H2,(H,12,13)(H2,11,14,15). The topological polar surface area (TPSA) is 115 Å². The Bertz CT molecular complexity index is 467. The molecule has 1 amide bonds. The van der Waals surface area contributed by atoms with Gasteiger partial charge in [0.25, 0.3) is 5.91 Å². The highest BCUT2D eigenvalue weighted by Crippen LogP contribution is 2.04. The lowest BCUT2D eigenvalue weighted by molar-refractivity contribution is 0.0956. The third-order valence-electron chi connectivity index (χ3n) is 1.85. The van der Waals surface area contributed by atoms with Crippen molar-refractivity contribution in [3.8, 4) is 0 Å². The van der Waals surface area contributed by atoms with Crippen LogP contribution in [0.5, 0.6) is 0 Å². The lowest BCUT2D eigenvalue weighted by Gasteiger charge is -2.04. The molecule has 88 valence electrons. The van der Waals surface area contributed by atoms with E-state index in [0.29, 0.717) is 11.3 Å². The van der Waals surface area contributed by atoms with E-state index in [-0.39, 0.29) is 18.2 Å². The van der Waals surface area contributed by atoms with Gasteiger partial charge in [-0.1, -0.05) is 0 Å². The lowest BCUT2D eigenvalue weighted by atomic mass is 10.2. The Balaban J connectivity index is 2.50. The zero-order valence-corrected chi connectivity index (χ0v) is 9.33. The molecule has 0 radical (unpaired) electrons. The number of carbonyl (C=O) groups is 1. The SMILES string of the molecule is Nc1ccc(C(=O)NCCS(N)(=O)=O)cc1. The first-order valence-electron chi connectivity index (χ1n) is 4.53. The molecule has 7 heteroatoms. The van der Waals surface area contributed by atoms with E-state index in [1.165, 1.54) is 0 Å². The quantitative estimate of drug-likeness (QED) is 0.605. The normalized spacial score (nSPS) is 11.1. The van der Waals surface area contributed by atoms with E-state index in [1.54, 1.807) is 24.3 Å². The number of amides is 1. The molecule has 0 heterocycles. The number of nitrogen functional groups attached to an aromatic ring is 1. The predicted octanol–water partition coefficient (Wildman–Crippen LogP) is -0.713. The van der Waals surface area contributed by atoms with Gasteiger partial charge in [0, 0.05) is 17.8 Å². The average molecular weight is 243 g/mol. The number of carbonyl (C=O) groups excluding carboxylic acids is 1. The molecular formula is C9H13N3O3S. The molecule has 0 unspecified atom stereocenters. The van der Waals surface area contributed by atoms with Crippen LogP contribution < -0.4 is 16.2 Å². The van der Waals surface area contributed by atoms with Gasteiger partial charge in [0.15, 0.2) is 0 Å². The van der Waals surface area contributed by atoms with Crippen molar-refractivity contribution < 1.29 is 13.2 Å². The number of sulfonamides is 1. The Morgan fingerprint density at radius 2 is 1.81 bits per heavy atom. The summed E-state index contributed by atoms with van der Waals surface area (Å²) in [4.78, 5) is 11.5. The second-order valence-corrected chi connectivity index (χ2v) is 4.98. The number of nitrogens with one attached hydrogen (secondary N) is 1. The maximum Gasteiger partial charge on any atom is 0.251 e. The highest BCUT2D eigenvalue weighted by atomic mass is 32.2. The Hall–Kier alpha value is -1.60. The summed E-state index contributed by atoms with van der Waals surface area (Å²) in [5.41, 5.74) is 6.43. The van der Waals surface area contributed by atoms with Crippen molar-refractivity contribution in [2.24, 2.45) is 5.14 Å². The summed E-state index contributed by atoms with van der Waals surface area (Å²) in [5, 5.41) is 7.22. The molecule has 0 saturated carbocycles. The molecule has 0 spiro atoms. The fraction of sp³-hybridized carbons (Fsp3) is 0.222. The van der Waals surface area contributed by atoms with Crippen molar-refractivity contribution in [1.82, 2.24) is 5.32 Å².